The summed E-state index contributed by atoms with van der Waals surface area (Å²) in [4.78, 5) is 14.6. The molecule has 24 heavy (non-hydrogen) atoms. The predicted molar refractivity (Wildman–Crippen MR) is 90.6 cm³/mol. The van der Waals surface area contributed by atoms with Crippen LogP contribution in [-0.2, 0) is 6.42 Å². The molecule has 0 unspecified atom stereocenters. The molecule has 2 aromatic carbocycles. The van der Waals surface area contributed by atoms with Crippen LogP contribution in [0.4, 0.5) is 10.1 Å². The summed E-state index contributed by atoms with van der Waals surface area (Å²) in [7, 11) is 1.56. The zero-order valence-corrected chi connectivity index (χ0v) is 13.8. The molecule has 0 aromatic heterocycles. The Morgan fingerprint density at radius 3 is 2.79 bits per heavy atom. The van der Waals surface area contributed by atoms with Gasteiger partial charge in [-0.2, -0.15) is 0 Å². The van der Waals surface area contributed by atoms with E-state index in [0.29, 0.717) is 30.2 Å². The van der Waals surface area contributed by atoms with Crippen LogP contribution in [0.2, 0.25) is 0 Å². The maximum atomic E-state index is 13.4. The van der Waals surface area contributed by atoms with Gasteiger partial charge in [0.05, 0.1) is 13.7 Å². The van der Waals surface area contributed by atoms with E-state index in [2.05, 4.69) is 0 Å². The van der Waals surface area contributed by atoms with Crippen LogP contribution in [0.25, 0.3) is 0 Å². The lowest BCUT2D eigenvalue weighted by atomic mass is 10.0. The zero-order valence-electron chi connectivity index (χ0n) is 13.8. The number of carbonyl (C=O) groups is 1. The Bertz CT molecular complexity index is 760. The van der Waals surface area contributed by atoms with Gasteiger partial charge in [0.1, 0.15) is 5.82 Å². The van der Waals surface area contributed by atoms with Gasteiger partial charge in [0.2, 0.25) is 0 Å². The van der Waals surface area contributed by atoms with E-state index in [1.165, 1.54) is 12.1 Å². The molecule has 1 aliphatic rings. The average Bonchev–Trinajstić information content (AvgIpc) is 2.60. The molecule has 0 bridgehead atoms. The van der Waals surface area contributed by atoms with Gasteiger partial charge in [0, 0.05) is 17.8 Å². The molecule has 0 aliphatic carbocycles. The van der Waals surface area contributed by atoms with E-state index in [-0.39, 0.29) is 11.7 Å². The Hall–Kier alpha value is -2.56. The van der Waals surface area contributed by atoms with Crippen LogP contribution in [0.15, 0.2) is 36.4 Å². The number of aryl methyl sites for hydroxylation is 1. The number of methoxy groups -OCH3 is 1. The quantitative estimate of drug-likeness (QED) is 0.856. The van der Waals surface area contributed by atoms with Crippen LogP contribution in [0.1, 0.15) is 29.3 Å². The number of fused-ring (bicyclic) bond motifs is 1. The number of rotatable bonds is 4. The second-order valence-electron chi connectivity index (χ2n) is 5.63. The van der Waals surface area contributed by atoms with Crippen LogP contribution >= 0.6 is 0 Å². The minimum Gasteiger partial charge on any atom is -0.493 e. The SMILES string of the molecule is CCOc1cc(C(=O)N2CCCc3cc(F)ccc32)ccc1OC. The third-order valence-corrected chi connectivity index (χ3v) is 4.12. The van der Waals surface area contributed by atoms with Gasteiger partial charge in [-0.15, -0.1) is 0 Å². The Labute approximate surface area is 140 Å². The van der Waals surface area contributed by atoms with Gasteiger partial charge in [-0.05, 0) is 61.7 Å². The summed E-state index contributed by atoms with van der Waals surface area (Å²) >= 11 is 0. The second-order valence-corrected chi connectivity index (χ2v) is 5.63. The molecular formula is C19H20FNO3. The fourth-order valence-electron chi connectivity index (χ4n) is 3.01. The van der Waals surface area contributed by atoms with Crippen molar-refractivity contribution in [3.8, 4) is 11.5 Å². The number of nitrogens with zero attached hydrogens (tertiary/aromatic N) is 1. The van der Waals surface area contributed by atoms with E-state index in [9.17, 15) is 9.18 Å². The fraction of sp³-hybridized carbons (Fsp3) is 0.316. The molecule has 0 radical (unpaired) electrons. The smallest absolute Gasteiger partial charge is 0.258 e. The lowest BCUT2D eigenvalue weighted by Gasteiger charge is -2.29. The van der Waals surface area contributed by atoms with Crippen molar-refractivity contribution in [1.82, 2.24) is 0 Å². The van der Waals surface area contributed by atoms with Gasteiger partial charge >= 0.3 is 0 Å². The highest BCUT2D eigenvalue weighted by atomic mass is 19.1. The summed E-state index contributed by atoms with van der Waals surface area (Å²) in [5.74, 6) is 0.744. The van der Waals surface area contributed by atoms with Crippen molar-refractivity contribution >= 4 is 11.6 Å². The van der Waals surface area contributed by atoms with Crippen molar-refractivity contribution in [3.63, 3.8) is 0 Å². The first-order valence-electron chi connectivity index (χ1n) is 8.05. The molecule has 0 N–H and O–H groups in total. The van der Waals surface area contributed by atoms with Crippen molar-refractivity contribution in [2.45, 2.75) is 19.8 Å². The number of amides is 1. The van der Waals surface area contributed by atoms with Gasteiger partial charge in [0.25, 0.3) is 5.91 Å². The standard InChI is InChI=1S/C19H20FNO3/c1-3-24-18-12-14(6-9-17(18)23-2)19(22)21-10-4-5-13-11-15(20)7-8-16(13)21/h6-9,11-12H,3-5,10H2,1-2H3. The van der Waals surface area contributed by atoms with Crippen molar-refractivity contribution in [2.75, 3.05) is 25.2 Å². The van der Waals surface area contributed by atoms with Crippen molar-refractivity contribution in [3.05, 3.63) is 53.3 Å². The van der Waals surface area contributed by atoms with Crippen molar-refractivity contribution in [2.24, 2.45) is 0 Å². The fourth-order valence-corrected chi connectivity index (χ4v) is 3.01. The van der Waals surface area contributed by atoms with Crippen LogP contribution in [0.5, 0.6) is 11.5 Å². The Morgan fingerprint density at radius 1 is 1.21 bits per heavy atom. The molecule has 1 aliphatic heterocycles. The molecule has 4 nitrogen and oxygen atoms in total. The summed E-state index contributed by atoms with van der Waals surface area (Å²) in [5, 5.41) is 0. The molecule has 3 rings (SSSR count). The summed E-state index contributed by atoms with van der Waals surface area (Å²) < 4.78 is 24.2. The normalized spacial score (nSPS) is 13.4. The number of hydrogen-bond acceptors (Lipinski definition) is 3. The number of carbonyl (C=O) groups excluding carboxylic acids is 1. The van der Waals surface area contributed by atoms with E-state index >= 15 is 0 Å². The molecule has 1 amide bonds. The third kappa shape index (κ3) is 3.07. The van der Waals surface area contributed by atoms with E-state index in [0.717, 1.165) is 24.1 Å². The molecule has 0 spiro atoms. The van der Waals surface area contributed by atoms with E-state index in [1.54, 1.807) is 36.3 Å². The molecule has 126 valence electrons. The first-order valence-corrected chi connectivity index (χ1v) is 8.05. The second kappa shape index (κ2) is 6.91. The number of halogens is 1. The monoisotopic (exact) mass is 329 g/mol. The van der Waals surface area contributed by atoms with Crippen LogP contribution in [0, 0.1) is 5.82 Å². The lowest BCUT2D eigenvalue weighted by Crippen LogP contribution is -2.35. The van der Waals surface area contributed by atoms with Crippen molar-refractivity contribution < 1.29 is 18.7 Å². The topological polar surface area (TPSA) is 38.8 Å². The van der Waals surface area contributed by atoms with Crippen molar-refractivity contribution in [1.29, 1.82) is 0 Å². The van der Waals surface area contributed by atoms with Gasteiger partial charge < -0.3 is 14.4 Å². The van der Waals surface area contributed by atoms with Gasteiger partial charge in [-0.25, -0.2) is 4.39 Å². The minimum atomic E-state index is -0.272. The molecule has 0 fully saturated rings. The molecule has 5 heteroatoms. The maximum Gasteiger partial charge on any atom is 0.258 e. The molecule has 0 saturated carbocycles. The van der Waals surface area contributed by atoms with Gasteiger partial charge in [0.15, 0.2) is 11.5 Å². The number of hydrogen-bond donors (Lipinski definition) is 0. The number of ether oxygens (including phenoxy) is 2. The highest BCUT2D eigenvalue weighted by molar-refractivity contribution is 6.07. The lowest BCUT2D eigenvalue weighted by molar-refractivity contribution is 0.0984. The highest BCUT2D eigenvalue weighted by Crippen LogP contribution is 2.32. The number of benzene rings is 2. The molecule has 0 saturated heterocycles. The van der Waals surface area contributed by atoms with Crippen LogP contribution in [0.3, 0.4) is 0 Å². The Balaban J connectivity index is 1.94. The highest BCUT2D eigenvalue weighted by Gasteiger charge is 2.24. The summed E-state index contributed by atoms with van der Waals surface area (Å²) in [6.45, 7) is 2.98. The van der Waals surface area contributed by atoms with Crippen LogP contribution in [-0.4, -0.2) is 26.2 Å². The van der Waals surface area contributed by atoms with E-state index in [1.807, 2.05) is 6.92 Å². The minimum absolute atomic E-state index is 0.119. The molecular weight excluding hydrogens is 309 g/mol. The molecule has 2 aromatic rings. The summed E-state index contributed by atoms with van der Waals surface area (Å²) in [6, 6.07) is 9.73. The zero-order chi connectivity index (χ0) is 17.1. The predicted octanol–water partition coefficient (Wildman–Crippen LogP) is 3.83. The third-order valence-electron chi connectivity index (χ3n) is 4.12. The first kappa shape index (κ1) is 16.3. The summed E-state index contributed by atoms with van der Waals surface area (Å²) in [6.07, 6.45) is 1.60. The number of anilines is 1. The Kier molecular flexibility index (Phi) is 4.69. The largest absolute Gasteiger partial charge is 0.493 e. The molecule has 0 atom stereocenters. The maximum absolute atomic E-state index is 13.4. The average molecular weight is 329 g/mol. The van der Waals surface area contributed by atoms with Crippen LogP contribution < -0.4 is 14.4 Å². The Morgan fingerprint density at radius 2 is 2.04 bits per heavy atom. The van der Waals surface area contributed by atoms with Gasteiger partial charge in [-0.3, -0.25) is 4.79 Å². The van der Waals surface area contributed by atoms with E-state index < -0.39 is 0 Å². The summed E-state index contributed by atoms with van der Waals surface area (Å²) in [5.41, 5.74) is 2.17. The van der Waals surface area contributed by atoms with Gasteiger partial charge in [-0.1, -0.05) is 0 Å². The first-order chi connectivity index (χ1) is 11.6. The molecule has 1 heterocycles. The van der Waals surface area contributed by atoms with E-state index in [4.69, 9.17) is 9.47 Å².